The second kappa shape index (κ2) is 6.48. The zero-order valence-corrected chi connectivity index (χ0v) is 13.1. The molecule has 1 saturated heterocycles. The van der Waals surface area contributed by atoms with Gasteiger partial charge >= 0.3 is 0 Å². The second-order valence-corrected chi connectivity index (χ2v) is 7.29. The Morgan fingerprint density at radius 3 is 2.33 bits per heavy atom. The summed E-state index contributed by atoms with van der Waals surface area (Å²) in [7, 11) is 0. The van der Waals surface area contributed by atoms with Gasteiger partial charge in [0, 0.05) is 16.4 Å². The fourth-order valence-corrected chi connectivity index (χ4v) is 5.74. The van der Waals surface area contributed by atoms with Gasteiger partial charge in [0.05, 0.1) is 5.25 Å². The predicted octanol–water partition coefficient (Wildman–Crippen LogP) is 5.37. The van der Waals surface area contributed by atoms with Crippen molar-refractivity contribution < 1.29 is 0 Å². The Morgan fingerprint density at radius 1 is 1.00 bits per heavy atom. The van der Waals surface area contributed by atoms with E-state index >= 15 is 0 Å². The maximum absolute atomic E-state index is 9.15. The summed E-state index contributed by atoms with van der Waals surface area (Å²) in [4.78, 5) is 2.61. The minimum absolute atomic E-state index is 0.135. The van der Waals surface area contributed by atoms with E-state index in [4.69, 9.17) is 5.53 Å². The van der Waals surface area contributed by atoms with Gasteiger partial charge in [-0.25, -0.2) is 0 Å². The zero-order valence-electron chi connectivity index (χ0n) is 11.4. The van der Waals surface area contributed by atoms with Gasteiger partial charge in [-0.2, -0.15) is 11.8 Å². The summed E-state index contributed by atoms with van der Waals surface area (Å²) < 4.78 is 0. The van der Waals surface area contributed by atoms with Gasteiger partial charge in [-0.3, -0.25) is 0 Å². The molecule has 3 rings (SSSR count). The van der Waals surface area contributed by atoms with Crippen molar-refractivity contribution in [3.05, 3.63) is 82.2 Å². The predicted molar refractivity (Wildman–Crippen MR) is 91.4 cm³/mol. The molecule has 0 bridgehead atoms. The first-order valence-corrected chi connectivity index (χ1v) is 8.82. The number of nitrogens with zero attached hydrogens (tertiary/aromatic N) is 3. The summed E-state index contributed by atoms with van der Waals surface area (Å²) in [6.07, 6.45) is 0. The SMILES string of the molecule is [N-]=[N+]=N[C@]1(c2ccccc2)SCCS[C@H]1c1ccccc1. The highest BCUT2D eigenvalue weighted by Gasteiger charge is 2.44. The third-order valence-corrected chi connectivity index (χ3v) is 6.72. The third kappa shape index (κ3) is 2.77. The van der Waals surface area contributed by atoms with Crippen LogP contribution in [0.1, 0.15) is 16.4 Å². The minimum atomic E-state index is -0.569. The number of hydrogen-bond donors (Lipinski definition) is 0. The molecule has 106 valence electrons. The fraction of sp³-hybridized carbons (Fsp3) is 0.250. The van der Waals surface area contributed by atoms with Gasteiger partial charge in [-0.15, -0.1) is 11.8 Å². The Hall–Kier alpha value is -1.55. The van der Waals surface area contributed by atoms with Crippen LogP contribution in [0.4, 0.5) is 0 Å². The molecule has 5 heteroatoms. The van der Waals surface area contributed by atoms with Crippen molar-refractivity contribution in [2.24, 2.45) is 5.11 Å². The highest BCUT2D eigenvalue weighted by molar-refractivity contribution is 8.07. The monoisotopic (exact) mass is 313 g/mol. The van der Waals surface area contributed by atoms with Crippen molar-refractivity contribution >= 4 is 23.5 Å². The van der Waals surface area contributed by atoms with E-state index in [-0.39, 0.29) is 5.25 Å². The molecule has 0 spiro atoms. The van der Waals surface area contributed by atoms with Crippen molar-refractivity contribution in [2.75, 3.05) is 11.5 Å². The van der Waals surface area contributed by atoms with Crippen LogP contribution < -0.4 is 0 Å². The van der Waals surface area contributed by atoms with Gasteiger partial charge in [0.25, 0.3) is 0 Å². The van der Waals surface area contributed by atoms with E-state index in [0.29, 0.717) is 0 Å². The Labute approximate surface area is 132 Å². The number of azide groups is 1. The van der Waals surface area contributed by atoms with Gasteiger partial charge < -0.3 is 0 Å². The molecule has 21 heavy (non-hydrogen) atoms. The summed E-state index contributed by atoms with van der Waals surface area (Å²) in [5.41, 5.74) is 11.4. The standard InChI is InChI=1S/C16H15N3S2/c17-19-18-16(14-9-5-2-6-10-14)15(20-11-12-21-16)13-7-3-1-4-8-13/h1-10,15H,11-12H2/t15-,16+/m0/s1. The highest BCUT2D eigenvalue weighted by Crippen LogP contribution is 2.57. The van der Waals surface area contributed by atoms with E-state index in [1.54, 1.807) is 11.8 Å². The van der Waals surface area contributed by atoms with Crippen molar-refractivity contribution in [1.82, 2.24) is 0 Å². The fourth-order valence-electron chi connectivity index (χ4n) is 2.62. The molecular formula is C16H15N3S2. The Morgan fingerprint density at radius 2 is 1.67 bits per heavy atom. The molecule has 0 saturated carbocycles. The first kappa shape index (κ1) is 14.4. The normalized spacial score (nSPS) is 25.0. The van der Waals surface area contributed by atoms with Gasteiger partial charge in [0.2, 0.25) is 0 Å². The number of thioether (sulfide) groups is 2. The smallest absolute Gasteiger partial charge is 0.135 e. The van der Waals surface area contributed by atoms with Crippen LogP contribution in [-0.4, -0.2) is 11.5 Å². The molecule has 0 N–H and O–H groups in total. The lowest BCUT2D eigenvalue weighted by Crippen LogP contribution is -2.30. The van der Waals surface area contributed by atoms with Crippen LogP contribution in [0.15, 0.2) is 65.8 Å². The van der Waals surface area contributed by atoms with E-state index < -0.39 is 4.87 Å². The molecule has 2 aromatic rings. The Kier molecular flexibility index (Phi) is 4.44. The van der Waals surface area contributed by atoms with Crippen LogP contribution in [0.25, 0.3) is 10.4 Å². The van der Waals surface area contributed by atoms with Gasteiger partial charge in [-0.1, -0.05) is 65.8 Å². The molecule has 0 amide bonds. The van der Waals surface area contributed by atoms with Crippen molar-refractivity contribution in [2.45, 2.75) is 10.1 Å². The maximum Gasteiger partial charge on any atom is 0.135 e. The van der Waals surface area contributed by atoms with E-state index in [1.165, 1.54) is 5.56 Å². The van der Waals surface area contributed by atoms with Crippen LogP contribution in [0, 0.1) is 0 Å². The van der Waals surface area contributed by atoms with Gasteiger partial charge in [0.1, 0.15) is 4.87 Å². The van der Waals surface area contributed by atoms with E-state index in [1.807, 2.05) is 48.2 Å². The summed E-state index contributed by atoms with van der Waals surface area (Å²) in [5, 5.41) is 4.40. The average molecular weight is 313 g/mol. The third-order valence-electron chi connectivity index (χ3n) is 3.53. The first-order chi connectivity index (χ1) is 10.4. The lowest BCUT2D eigenvalue weighted by molar-refractivity contribution is 0.628. The molecule has 1 aliphatic rings. The van der Waals surface area contributed by atoms with Crippen LogP contribution in [-0.2, 0) is 4.87 Å². The minimum Gasteiger partial charge on any atom is -0.151 e. The largest absolute Gasteiger partial charge is 0.151 e. The molecular weight excluding hydrogens is 298 g/mol. The van der Waals surface area contributed by atoms with Crippen LogP contribution in [0.5, 0.6) is 0 Å². The average Bonchev–Trinajstić information content (AvgIpc) is 2.57. The molecule has 0 aromatic heterocycles. The topological polar surface area (TPSA) is 48.8 Å². The molecule has 0 unspecified atom stereocenters. The number of hydrogen-bond acceptors (Lipinski definition) is 3. The molecule has 0 radical (unpaired) electrons. The lowest BCUT2D eigenvalue weighted by atomic mass is 9.98. The van der Waals surface area contributed by atoms with Crippen molar-refractivity contribution in [3.8, 4) is 0 Å². The summed E-state index contributed by atoms with van der Waals surface area (Å²) in [6, 6.07) is 20.5. The van der Waals surface area contributed by atoms with Gasteiger partial charge in [-0.05, 0) is 16.7 Å². The summed E-state index contributed by atoms with van der Waals surface area (Å²) >= 11 is 3.62. The molecule has 1 heterocycles. The Bertz CT molecular complexity index is 641. The van der Waals surface area contributed by atoms with E-state index in [0.717, 1.165) is 17.1 Å². The lowest BCUT2D eigenvalue weighted by Gasteiger charge is -2.40. The summed E-state index contributed by atoms with van der Waals surface area (Å²) in [6.45, 7) is 0. The summed E-state index contributed by atoms with van der Waals surface area (Å²) in [5.74, 6) is 2.06. The van der Waals surface area contributed by atoms with Gasteiger partial charge in [0.15, 0.2) is 0 Å². The second-order valence-electron chi connectivity index (χ2n) is 4.76. The number of rotatable bonds is 3. The maximum atomic E-state index is 9.15. The zero-order chi connectivity index (χ0) is 14.5. The molecule has 1 aliphatic heterocycles. The molecule has 3 nitrogen and oxygen atoms in total. The molecule has 2 atom stereocenters. The Balaban J connectivity index is 2.13. The first-order valence-electron chi connectivity index (χ1n) is 6.79. The highest BCUT2D eigenvalue weighted by atomic mass is 32.2. The van der Waals surface area contributed by atoms with Crippen LogP contribution >= 0.6 is 23.5 Å². The van der Waals surface area contributed by atoms with E-state index in [9.17, 15) is 0 Å². The van der Waals surface area contributed by atoms with Crippen LogP contribution in [0.2, 0.25) is 0 Å². The molecule has 0 aliphatic carbocycles. The van der Waals surface area contributed by atoms with Crippen molar-refractivity contribution in [1.29, 1.82) is 0 Å². The molecule has 1 fully saturated rings. The van der Waals surface area contributed by atoms with Crippen molar-refractivity contribution in [3.63, 3.8) is 0 Å². The molecule has 2 aromatic carbocycles. The quantitative estimate of drug-likeness (QED) is 0.434. The van der Waals surface area contributed by atoms with Crippen LogP contribution in [0.3, 0.4) is 0 Å². The number of benzene rings is 2. The van der Waals surface area contributed by atoms with E-state index in [2.05, 4.69) is 34.3 Å².